The Hall–Kier alpha value is -3.85. The second kappa shape index (κ2) is 15.3. The molecule has 0 aliphatic carbocycles. The molecule has 0 fully saturated rings. The fourth-order valence-corrected chi connectivity index (χ4v) is 3.55. The fraction of sp³-hybridized carbons (Fsp3) is 0.455. The number of phenols is 1. The van der Waals surface area contributed by atoms with Crippen LogP contribution < -0.4 is 27.4 Å². The zero-order valence-electron chi connectivity index (χ0n) is 20.0. The van der Waals surface area contributed by atoms with Crippen LogP contribution in [-0.2, 0) is 35.2 Å². The molecular formula is C22H31N5O9S. The van der Waals surface area contributed by atoms with Crippen molar-refractivity contribution < 1.29 is 44.1 Å². The van der Waals surface area contributed by atoms with Crippen LogP contribution >= 0.6 is 11.8 Å². The first-order valence-electron chi connectivity index (χ1n) is 11.0. The van der Waals surface area contributed by atoms with E-state index in [-0.39, 0.29) is 12.2 Å². The van der Waals surface area contributed by atoms with Gasteiger partial charge in [0.2, 0.25) is 23.6 Å². The van der Waals surface area contributed by atoms with E-state index in [1.54, 1.807) is 0 Å². The third-order valence-corrected chi connectivity index (χ3v) is 5.65. The maximum absolute atomic E-state index is 13.1. The van der Waals surface area contributed by atoms with E-state index in [1.165, 1.54) is 36.0 Å². The number of phenolic OH excluding ortho intramolecular Hbond substituents is 1. The quantitative estimate of drug-likeness (QED) is 0.112. The lowest BCUT2D eigenvalue weighted by molar-refractivity contribution is -0.147. The highest BCUT2D eigenvalue weighted by molar-refractivity contribution is 7.98. The van der Waals surface area contributed by atoms with Gasteiger partial charge in [-0.25, -0.2) is 4.79 Å². The molecule has 0 aliphatic heterocycles. The smallest absolute Gasteiger partial charge is 0.326 e. The minimum atomic E-state index is -1.83. The van der Waals surface area contributed by atoms with Crippen molar-refractivity contribution in [2.24, 2.45) is 11.5 Å². The average Bonchev–Trinajstić information content (AvgIpc) is 2.81. The number of thioether (sulfide) groups is 1. The molecule has 4 atom stereocenters. The molecule has 204 valence electrons. The van der Waals surface area contributed by atoms with Crippen molar-refractivity contribution in [2.75, 3.05) is 12.0 Å². The van der Waals surface area contributed by atoms with Crippen LogP contribution in [0.15, 0.2) is 24.3 Å². The molecule has 4 amide bonds. The number of carbonyl (C=O) groups excluding carboxylic acids is 4. The van der Waals surface area contributed by atoms with Gasteiger partial charge in [-0.05, 0) is 36.1 Å². The van der Waals surface area contributed by atoms with Crippen LogP contribution in [0.5, 0.6) is 5.75 Å². The summed E-state index contributed by atoms with van der Waals surface area (Å²) in [4.78, 5) is 72.1. The van der Waals surface area contributed by atoms with E-state index in [0.29, 0.717) is 17.7 Å². The number of aromatic hydroxyl groups is 1. The van der Waals surface area contributed by atoms with Gasteiger partial charge in [0.25, 0.3) is 0 Å². The predicted molar refractivity (Wildman–Crippen MR) is 132 cm³/mol. The molecule has 0 aromatic heterocycles. The van der Waals surface area contributed by atoms with Gasteiger partial charge in [-0.15, -0.1) is 0 Å². The highest BCUT2D eigenvalue weighted by Crippen LogP contribution is 2.12. The topological polar surface area (TPSA) is 251 Å². The fourth-order valence-electron chi connectivity index (χ4n) is 3.06. The predicted octanol–water partition coefficient (Wildman–Crippen LogP) is -2.10. The van der Waals surface area contributed by atoms with E-state index in [0.717, 1.165) is 0 Å². The van der Waals surface area contributed by atoms with E-state index in [1.807, 2.05) is 11.6 Å². The number of benzene rings is 1. The molecule has 0 aliphatic rings. The molecule has 1 rings (SSSR count). The van der Waals surface area contributed by atoms with Crippen molar-refractivity contribution >= 4 is 47.3 Å². The summed E-state index contributed by atoms with van der Waals surface area (Å²) in [5, 5.41) is 34.2. The lowest BCUT2D eigenvalue weighted by atomic mass is 10.0. The van der Waals surface area contributed by atoms with Crippen molar-refractivity contribution in [3.63, 3.8) is 0 Å². The Morgan fingerprint density at radius 3 is 1.92 bits per heavy atom. The number of hydrogen-bond acceptors (Lipinski definition) is 9. The summed E-state index contributed by atoms with van der Waals surface area (Å²) in [5.74, 6) is -6.31. The maximum Gasteiger partial charge on any atom is 0.326 e. The number of hydrogen-bond donors (Lipinski definition) is 8. The van der Waals surface area contributed by atoms with Gasteiger partial charge < -0.3 is 42.7 Å². The van der Waals surface area contributed by atoms with Crippen LogP contribution in [0.4, 0.5) is 0 Å². The van der Waals surface area contributed by atoms with Crippen LogP contribution in [0.3, 0.4) is 0 Å². The minimum absolute atomic E-state index is 0.0274. The summed E-state index contributed by atoms with van der Waals surface area (Å²) in [6.07, 6.45) is 0.388. The molecule has 14 nitrogen and oxygen atoms in total. The lowest BCUT2D eigenvalue weighted by Crippen LogP contribution is -2.58. The Kier molecular flexibility index (Phi) is 12.9. The summed E-state index contributed by atoms with van der Waals surface area (Å²) >= 11 is 1.47. The van der Waals surface area contributed by atoms with Crippen molar-refractivity contribution in [3.8, 4) is 5.75 Å². The van der Waals surface area contributed by atoms with Gasteiger partial charge in [0.05, 0.1) is 18.9 Å². The van der Waals surface area contributed by atoms with E-state index in [9.17, 15) is 33.9 Å². The third kappa shape index (κ3) is 11.6. The highest BCUT2D eigenvalue weighted by Gasteiger charge is 2.32. The molecule has 15 heteroatoms. The molecule has 10 N–H and O–H groups in total. The lowest BCUT2D eigenvalue weighted by Gasteiger charge is -2.24. The van der Waals surface area contributed by atoms with Crippen LogP contribution in [-0.4, -0.2) is 87.1 Å². The molecule has 0 bridgehead atoms. The maximum atomic E-state index is 13.1. The summed E-state index contributed by atoms with van der Waals surface area (Å²) in [6, 6.07) is 0.0415. The van der Waals surface area contributed by atoms with Crippen LogP contribution in [0.1, 0.15) is 24.8 Å². The molecule has 0 heterocycles. The largest absolute Gasteiger partial charge is 0.508 e. The third-order valence-electron chi connectivity index (χ3n) is 5.01. The van der Waals surface area contributed by atoms with Crippen molar-refractivity contribution in [1.82, 2.24) is 16.0 Å². The number of carboxylic acid groups (broad SMARTS) is 2. The van der Waals surface area contributed by atoms with Crippen molar-refractivity contribution in [2.45, 2.75) is 49.9 Å². The summed E-state index contributed by atoms with van der Waals surface area (Å²) < 4.78 is 0. The van der Waals surface area contributed by atoms with Crippen LogP contribution in [0.2, 0.25) is 0 Å². The van der Waals surface area contributed by atoms with Crippen LogP contribution in [0.25, 0.3) is 0 Å². The van der Waals surface area contributed by atoms with E-state index in [4.69, 9.17) is 21.7 Å². The number of rotatable bonds is 16. The average molecular weight is 542 g/mol. The molecule has 0 spiro atoms. The second-order valence-corrected chi connectivity index (χ2v) is 9.03. The number of nitrogens with two attached hydrogens (primary N) is 2. The number of nitrogens with one attached hydrogen (secondary N) is 3. The minimum Gasteiger partial charge on any atom is -0.508 e. The van der Waals surface area contributed by atoms with Crippen molar-refractivity contribution in [1.29, 1.82) is 0 Å². The highest BCUT2D eigenvalue weighted by atomic mass is 32.2. The van der Waals surface area contributed by atoms with Crippen LogP contribution in [0, 0.1) is 0 Å². The van der Waals surface area contributed by atoms with Gasteiger partial charge in [0.1, 0.15) is 23.9 Å². The van der Waals surface area contributed by atoms with E-state index in [2.05, 4.69) is 10.6 Å². The van der Waals surface area contributed by atoms with Gasteiger partial charge >= 0.3 is 11.9 Å². The molecule has 0 saturated carbocycles. The number of amides is 4. The molecule has 1 aromatic rings. The molecular weight excluding hydrogens is 510 g/mol. The SMILES string of the molecule is CSCCC(N)C(=O)NC(Cc1ccc(O)cc1)C(=O)NC(CC(N)=O)C(=O)NC(CC(=O)O)C(=O)O. The molecule has 37 heavy (non-hydrogen) atoms. The van der Waals surface area contributed by atoms with Gasteiger partial charge in [0, 0.05) is 6.42 Å². The normalized spacial score (nSPS) is 13.9. The monoisotopic (exact) mass is 541 g/mol. The first-order chi connectivity index (χ1) is 17.3. The summed E-state index contributed by atoms with van der Waals surface area (Å²) in [5.41, 5.74) is 11.6. The second-order valence-electron chi connectivity index (χ2n) is 8.05. The molecule has 0 saturated heterocycles. The molecule has 1 aromatic carbocycles. The first kappa shape index (κ1) is 31.2. The Morgan fingerprint density at radius 1 is 0.865 bits per heavy atom. The number of primary amides is 1. The van der Waals surface area contributed by atoms with Gasteiger partial charge in [-0.2, -0.15) is 11.8 Å². The number of carbonyl (C=O) groups is 6. The Morgan fingerprint density at radius 2 is 1.41 bits per heavy atom. The summed E-state index contributed by atoms with van der Waals surface area (Å²) in [7, 11) is 0. The van der Waals surface area contributed by atoms with Gasteiger partial charge in [-0.1, -0.05) is 12.1 Å². The van der Waals surface area contributed by atoms with E-state index < -0.39 is 72.6 Å². The van der Waals surface area contributed by atoms with Crippen molar-refractivity contribution in [3.05, 3.63) is 29.8 Å². The summed E-state index contributed by atoms with van der Waals surface area (Å²) in [6.45, 7) is 0. The molecule has 4 unspecified atom stereocenters. The standard InChI is InChI=1S/C22H31N5O9S/c1-37-7-6-13(23)19(32)25-14(8-11-2-4-12(28)5-3-11)20(33)26-15(9-17(24)29)21(34)27-16(22(35)36)10-18(30)31/h2-5,13-16,28H,6-10,23H2,1H3,(H2,24,29)(H,25,32)(H,26,33)(H,27,34)(H,30,31)(H,35,36). The van der Waals surface area contributed by atoms with Gasteiger partial charge in [-0.3, -0.25) is 24.0 Å². The molecule has 0 radical (unpaired) electrons. The number of aliphatic carboxylic acids is 2. The zero-order valence-corrected chi connectivity index (χ0v) is 20.8. The first-order valence-corrected chi connectivity index (χ1v) is 12.4. The van der Waals surface area contributed by atoms with E-state index >= 15 is 0 Å². The zero-order chi connectivity index (χ0) is 28.1. The van der Waals surface area contributed by atoms with Gasteiger partial charge in [0.15, 0.2) is 0 Å². The Labute approximate surface area is 216 Å². The number of carboxylic acids is 2. The Balaban J connectivity index is 3.13. The Bertz CT molecular complexity index is 989.